The quantitative estimate of drug-likeness (QED) is 0.179. The van der Waals surface area contributed by atoms with Gasteiger partial charge in [-0.2, -0.15) is 0 Å². The molecule has 0 bridgehead atoms. The highest BCUT2D eigenvalue weighted by Crippen LogP contribution is 2.54. The number of anilines is 2. The van der Waals surface area contributed by atoms with Crippen molar-refractivity contribution in [1.82, 2.24) is 4.57 Å². The smallest absolute Gasteiger partial charge is 0.197 e. The standard InChI is InChI=1S/C63H54BN2OS/c1-60(2,3)34-18-20-35(21-19-34)65-49-32-55-42(43-29-46-47(31-54(43)68-55)62(6,7)27-26-61(46,4)5)28-40(49)37-22-23-39-57-50(25-24-45-56(57)38-15-10-12-16-44(38)63(45,8)9)66-51-33-53-41(30-48(51)64-58(37)59(39)66)36-14-11-13-17-52(36)67-53/h10-25,28-33,65H,26-27H2,1-9H3. The minimum absolute atomic E-state index is 0.0664. The van der Waals surface area contributed by atoms with Crippen LogP contribution >= 0.6 is 11.3 Å². The molecule has 3 aromatic heterocycles. The summed E-state index contributed by atoms with van der Waals surface area (Å²) in [5.41, 5.74) is 22.5. The summed E-state index contributed by atoms with van der Waals surface area (Å²) in [6.07, 6.45) is 2.39. The summed E-state index contributed by atoms with van der Waals surface area (Å²) in [7, 11) is 2.48. The number of thiophene rings is 1. The monoisotopic (exact) mass is 897 g/mol. The van der Waals surface area contributed by atoms with Gasteiger partial charge in [-0.15, -0.1) is 11.3 Å². The maximum Gasteiger partial charge on any atom is 0.197 e. The number of hydrogen-bond donors (Lipinski definition) is 1. The fourth-order valence-corrected chi connectivity index (χ4v) is 13.9. The first-order valence-corrected chi connectivity index (χ1v) is 25.3. The maximum absolute atomic E-state index is 6.62. The van der Waals surface area contributed by atoms with Crippen LogP contribution < -0.4 is 16.2 Å². The second-order valence-electron chi connectivity index (χ2n) is 23.1. The maximum atomic E-state index is 6.62. The number of fused-ring (bicyclic) bond motifs is 16. The number of furan rings is 1. The van der Waals surface area contributed by atoms with Crippen molar-refractivity contribution in [1.29, 1.82) is 0 Å². The first-order chi connectivity index (χ1) is 32.5. The Labute approximate surface area is 403 Å². The fraction of sp³-hybridized carbons (Fsp3) is 0.238. The molecular weight excluding hydrogens is 844 g/mol. The van der Waals surface area contributed by atoms with Gasteiger partial charge in [-0.1, -0.05) is 147 Å². The van der Waals surface area contributed by atoms with E-state index in [0.717, 1.165) is 39.0 Å². The fourth-order valence-electron chi connectivity index (χ4n) is 12.7. The van der Waals surface area contributed by atoms with Crippen molar-refractivity contribution < 1.29 is 4.42 Å². The molecule has 3 nitrogen and oxygen atoms in total. The van der Waals surface area contributed by atoms with Gasteiger partial charge < -0.3 is 14.3 Å². The Balaban J connectivity index is 1.08. The van der Waals surface area contributed by atoms with E-state index in [1.54, 1.807) is 0 Å². The van der Waals surface area contributed by atoms with Gasteiger partial charge in [0, 0.05) is 81.3 Å². The Morgan fingerprint density at radius 3 is 2.10 bits per heavy atom. The predicted molar refractivity (Wildman–Crippen MR) is 293 cm³/mol. The molecule has 1 aliphatic heterocycles. The van der Waals surface area contributed by atoms with E-state index in [1.165, 1.54) is 116 Å². The second-order valence-corrected chi connectivity index (χ2v) is 24.2. The number of rotatable bonds is 3. The molecule has 0 spiro atoms. The molecule has 11 aromatic rings. The minimum atomic E-state index is -0.115. The van der Waals surface area contributed by atoms with Crippen LogP contribution in [0.5, 0.6) is 0 Å². The van der Waals surface area contributed by atoms with E-state index in [4.69, 9.17) is 4.42 Å². The van der Waals surface area contributed by atoms with Crippen LogP contribution in [0.3, 0.4) is 0 Å². The number of benzene rings is 8. The van der Waals surface area contributed by atoms with Crippen molar-refractivity contribution in [3.05, 3.63) is 161 Å². The number of nitrogens with zero attached hydrogens (tertiary/aromatic N) is 1. The van der Waals surface area contributed by atoms with E-state index in [2.05, 4.69) is 213 Å². The van der Waals surface area contributed by atoms with Crippen LogP contribution in [0, 0.1) is 0 Å². The summed E-state index contributed by atoms with van der Waals surface area (Å²) in [4.78, 5) is 0. The highest BCUT2D eigenvalue weighted by atomic mass is 32.1. The van der Waals surface area contributed by atoms with E-state index >= 15 is 0 Å². The second kappa shape index (κ2) is 13.4. The van der Waals surface area contributed by atoms with Crippen LogP contribution in [-0.2, 0) is 21.7 Å². The third kappa shape index (κ3) is 5.48. The Bertz CT molecular complexity index is 4030. The van der Waals surface area contributed by atoms with E-state index in [9.17, 15) is 0 Å². The molecule has 14 rings (SSSR count). The average Bonchev–Trinajstić information content (AvgIpc) is 4.03. The van der Waals surface area contributed by atoms with Gasteiger partial charge in [0.05, 0.1) is 5.52 Å². The molecule has 0 fully saturated rings. The molecule has 2 aliphatic carbocycles. The zero-order chi connectivity index (χ0) is 46.4. The van der Waals surface area contributed by atoms with Crippen molar-refractivity contribution in [3.63, 3.8) is 0 Å². The molecule has 8 aromatic carbocycles. The van der Waals surface area contributed by atoms with Gasteiger partial charge >= 0.3 is 0 Å². The lowest BCUT2D eigenvalue weighted by molar-refractivity contribution is 0.332. The Morgan fingerprint density at radius 1 is 0.588 bits per heavy atom. The largest absolute Gasteiger partial charge is 0.456 e. The lowest BCUT2D eigenvalue weighted by Crippen LogP contribution is -2.37. The van der Waals surface area contributed by atoms with Crippen LogP contribution in [0.2, 0.25) is 0 Å². The van der Waals surface area contributed by atoms with Gasteiger partial charge in [0.1, 0.15) is 11.2 Å². The molecule has 0 amide bonds. The molecule has 1 radical (unpaired) electrons. The van der Waals surface area contributed by atoms with Gasteiger partial charge in [-0.3, -0.25) is 0 Å². The van der Waals surface area contributed by atoms with Crippen molar-refractivity contribution >= 4 is 105 Å². The Morgan fingerprint density at radius 2 is 1.31 bits per heavy atom. The van der Waals surface area contributed by atoms with E-state index in [0.29, 0.717) is 0 Å². The summed E-state index contributed by atoms with van der Waals surface area (Å²) in [5, 5.41) is 11.6. The molecular formula is C63H54BN2OS. The lowest BCUT2D eigenvalue weighted by Gasteiger charge is -2.41. The molecule has 4 heterocycles. The molecule has 3 aliphatic rings. The molecule has 0 atom stereocenters. The Kier molecular flexibility index (Phi) is 7.96. The summed E-state index contributed by atoms with van der Waals surface area (Å²) in [6.45, 7) is 21.4. The molecule has 68 heavy (non-hydrogen) atoms. The van der Waals surface area contributed by atoms with Gasteiger partial charge in [0.15, 0.2) is 7.28 Å². The van der Waals surface area contributed by atoms with Gasteiger partial charge in [0.25, 0.3) is 0 Å². The highest BCUT2D eigenvalue weighted by molar-refractivity contribution is 7.25. The van der Waals surface area contributed by atoms with E-state index < -0.39 is 0 Å². The molecule has 331 valence electrons. The highest BCUT2D eigenvalue weighted by Gasteiger charge is 2.40. The summed E-state index contributed by atoms with van der Waals surface area (Å²) >= 11 is 1.94. The Hall–Kier alpha value is -6.56. The molecule has 1 N–H and O–H groups in total. The van der Waals surface area contributed by atoms with Gasteiger partial charge in [-0.25, -0.2) is 0 Å². The topological polar surface area (TPSA) is 30.1 Å². The minimum Gasteiger partial charge on any atom is -0.456 e. The molecule has 0 saturated carbocycles. The first kappa shape index (κ1) is 40.5. The third-order valence-electron chi connectivity index (χ3n) is 16.6. The number of aromatic nitrogens is 1. The first-order valence-electron chi connectivity index (χ1n) is 24.5. The third-order valence-corrected chi connectivity index (χ3v) is 17.8. The normalized spacial score (nSPS) is 16.4. The van der Waals surface area contributed by atoms with Crippen LogP contribution in [0.15, 0.2) is 138 Å². The summed E-state index contributed by atoms with van der Waals surface area (Å²) < 4.78 is 11.9. The molecule has 0 saturated heterocycles. The van der Waals surface area contributed by atoms with Crippen LogP contribution in [0.4, 0.5) is 11.4 Å². The lowest BCUT2D eigenvalue weighted by atomic mass is 9.59. The predicted octanol–water partition coefficient (Wildman–Crippen LogP) is 16.4. The van der Waals surface area contributed by atoms with Crippen molar-refractivity contribution in [2.24, 2.45) is 0 Å². The van der Waals surface area contributed by atoms with E-state index in [-0.39, 0.29) is 21.7 Å². The van der Waals surface area contributed by atoms with Crippen molar-refractivity contribution in [2.45, 2.75) is 96.8 Å². The number of nitrogens with one attached hydrogen (secondary N) is 1. The molecule has 5 heteroatoms. The van der Waals surface area contributed by atoms with Crippen LogP contribution in [-0.4, -0.2) is 11.8 Å². The zero-order valence-corrected chi connectivity index (χ0v) is 41.3. The van der Waals surface area contributed by atoms with E-state index in [1.807, 2.05) is 11.3 Å². The summed E-state index contributed by atoms with van der Waals surface area (Å²) in [6, 6.07) is 51.0. The summed E-state index contributed by atoms with van der Waals surface area (Å²) in [5.74, 6) is 0. The van der Waals surface area contributed by atoms with Crippen molar-refractivity contribution in [3.8, 4) is 27.9 Å². The van der Waals surface area contributed by atoms with Crippen LogP contribution in [0.25, 0.3) is 91.9 Å². The molecule has 0 unspecified atom stereocenters. The van der Waals surface area contributed by atoms with Gasteiger partial charge in [-0.05, 0) is 128 Å². The zero-order valence-electron chi connectivity index (χ0n) is 40.5. The van der Waals surface area contributed by atoms with Crippen molar-refractivity contribution in [2.75, 3.05) is 5.32 Å². The number of hydrogen-bond acceptors (Lipinski definition) is 3. The SMILES string of the molecule is CC(C)(C)c1ccc(Nc2cc3sc4cc5c(cc4c3cc2-c2ccc3c4c6c(ccc4n4c3c2[B]c2cc3c(cc2-4)oc2ccccc23)C(C)(C)c2ccccc2-6)C(C)(C)CCC5(C)C)cc1. The average molecular weight is 898 g/mol. The number of para-hydroxylation sites is 1. The van der Waals surface area contributed by atoms with Crippen LogP contribution in [0.1, 0.15) is 103 Å². The van der Waals surface area contributed by atoms with Gasteiger partial charge in [0.2, 0.25) is 0 Å².